The third-order valence-electron chi connectivity index (χ3n) is 3.92. The highest BCUT2D eigenvalue weighted by atomic mass is 16.1. The highest BCUT2D eigenvalue weighted by Crippen LogP contribution is 2.24. The van der Waals surface area contributed by atoms with E-state index in [0.29, 0.717) is 17.7 Å². The summed E-state index contributed by atoms with van der Waals surface area (Å²) in [6.45, 7) is 3.40. The van der Waals surface area contributed by atoms with Crippen molar-refractivity contribution in [2.75, 3.05) is 0 Å². The number of rotatable bonds is 4. The first-order chi connectivity index (χ1) is 11.1. The number of carbonyl (C=O) groups excluding carboxylic acids is 2. The molecule has 0 atom stereocenters. The van der Waals surface area contributed by atoms with E-state index < -0.39 is 0 Å². The molecular weight excluding hydrogens is 286 g/mol. The third-order valence-corrected chi connectivity index (χ3v) is 3.92. The van der Waals surface area contributed by atoms with Gasteiger partial charge in [-0.1, -0.05) is 43.3 Å². The SMILES string of the molecule is CCC(=O)c1ccc2cc(-c3ccc(C(C)=O)cc3)ccc2n1. The number of aromatic nitrogens is 1. The number of pyridine rings is 1. The number of Topliss-reactive ketones (excluding diaryl/α,β-unsaturated/α-hetero) is 2. The van der Waals surface area contributed by atoms with E-state index in [1.165, 1.54) is 0 Å². The fourth-order valence-electron chi connectivity index (χ4n) is 2.54. The Balaban J connectivity index is 1.99. The molecule has 23 heavy (non-hydrogen) atoms. The summed E-state index contributed by atoms with van der Waals surface area (Å²) in [4.78, 5) is 27.5. The van der Waals surface area contributed by atoms with Gasteiger partial charge in [0, 0.05) is 17.4 Å². The summed E-state index contributed by atoms with van der Waals surface area (Å²) in [5, 5.41) is 0.991. The minimum Gasteiger partial charge on any atom is -0.295 e. The zero-order valence-electron chi connectivity index (χ0n) is 13.2. The van der Waals surface area contributed by atoms with E-state index >= 15 is 0 Å². The first-order valence-corrected chi connectivity index (χ1v) is 7.64. The molecule has 0 radical (unpaired) electrons. The minimum absolute atomic E-state index is 0.0517. The van der Waals surface area contributed by atoms with Crippen LogP contribution in [0.25, 0.3) is 22.0 Å². The maximum atomic E-state index is 11.7. The van der Waals surface area contributed by atoms with E-state index in [9.17, 15) is 9.59 Å². The number of hydrogen-bond acceptors (Lipinski definition) is 3. The Labute approximate surface area is 135 Å². The first kappa shape index (κ1) is 15.1. The van der Waals surface area contributed by atoms with E-state index in [0.717, 1.165) is 22.0 Å². The lowest BCUT2D eigenvalue weighted by Gasteiger charge is -2.06. The summed E-state index contributed by atoms with van der Waals surface area (Å²) in [6.07, 6.45) is 0.457. The monoisotopic (exact) mass is 303 g/mol. The molecule has 2 aromatic carbocycles. The fraction of sp³-hybridized carbons (Fsp3) is 0.150. The minimum atomic E-state index is 0.0517. The standard InChI is InChI=1S/C20H17NO2/c1-3-20(23)19-11-9-17-12-16(8-10-18(17)21-19)15-6-4-14(5-7-15)13(2)22/h4-12H,3H2,1-2H3. The summed E-state index contributed by atoms with van der Waals surface area (Å²) in [5.41, 5.74) is 4.14. The van der Waals surface area contributed by atoms with Gasteiger partial charge in [-0.15, -0.1) is 0 Å². The average molecular weight is 303 g/mol. The molecule has 0 aliphatic carbocycles. The van der Waals surface area contributed by atoms with Crippen LogP contribution in [0.1, 0.15) is 41.1 Å². The molecule has 0 unspecified atom stereocenters. The van der Waals surface area contributed by atoms with Gasteiger partial charge in [0.2, 0.25) is 0 Å². The van der Waals surface area contributed by atoms with Gasteiger partial charge < -0.3 is 0 Å². The van der Waals surface area contributed by atoms with Gasteiger partial charge in [0.15, 0.2) is 11.6 Å². The third kappa shape index (κ3) is 3.04. The zero-order valence-corrected chi connectivity index (χ0v) is 13.2. The normalized spacial score (nSPS) is 10.7. The second-order valence-electron chi connectivity index (χ2n) is 5.51. The summed E-state index contributed by atoms with van der Waals surface area (Å²) >= 11 is 0. The molecule has 0 spiro atoms. The molecule has 0 saturated carbocycles. The lowest BCUT2D eigenvalue weighted by Crippen LogP contribution is -1.99. The summed E-state index contributed by atoms with van der Waals surface area (Å²) in [6, 6.07) is 17.2. The van der Waals surface area contributed by atoms with Gasteiger partial charge in [-0.25, -0.2) is 4.98 Å². The maximum absolute atomic E-state index is 11.7. The lowest BCUT2D eigenvalue weighted by molar-refractivity contribution is 0.0981. The molecule has 0 bridgehead atoms. The van der Waals surface area contributed by atoms with Gasteiger partial charge in [-0.3, -0.25) is 9.59 Å². The molecule has 1 heterocycles. The van der Waals surface area contributed by atoms with Crippen LogP contribution in [0, 0.1) is 0 Å². The average Bonchev–Trinajstić information content (AvgIpc) is 2.60. The first-order valence-electron chi connectivity index (χ1n) is 7.64. The van der Waals surface area contributed by atoms with Crippen molar-refractivity contribution in [1.82, 2.24) is 4.98 Å². The number of nitrogens with zero attached hydrogens (tertiary/aromatic N) is 1. The molecule has 0 N–H and O–H groups in total. The lowest BCUT2D eigenvalue weighted by atomic mass is 10.0. The Morgan fingerprint density at radius 2 is 1.61 bits per heavy atom. The number of hydrogen-bond donors (Lipinski definition) is 0. The molecule has 3 rings (SSSR count). The van der Waals surface area contributed by atoms with Crippen LogP contribution in [0.2, 0.25) is 0 Å². The van der Waals surface area contributed by atoms with Gasteiger partial charge in [0.1, 0.15) is 5.69 Å². The number of ketones is 2. The van der Waals surface area contributed by atoms with Gasteiger partial charge in [-0.2, -0.15) is 0 Å². The maximum Gasteiger partial charge on any atom is 0.180 e. The van der Waals surface area contributed by atoms with Crippen molar-refractivity contribution in [3.63, 3.8) is 0 Å². The van der Waals surface area contributed by atoms with Gasteiger partial charge in [0.05, 0.1) is 5.52 Å². The number of carbonyl (C=O) groups is 2. The molecule has 3 aromatic rings. The molecule has 0 aliphatic heterocycles. The van der Waals surface area contributed by atoms with Crippen molar-refractivity contribution < 1.29 is 9.59 Å². The highest BCUT2D eigenvalue weighted by Gasteiger charge is 2.07. The Morgan fingerprint density at radius 1 is 0.913 bits per heavy atom. The Bertz CT molecular complexity index is 895. The second-order valence-corrected chi connectivity index (χ2v) is 5.51. The molecule has 0 aliphatic rings. The smallest absolute Gasteiger partial charge is 0.180 e. The van der Waals surface area contributed by atoms with E-state index in [1.807, 2.05) is 55.5 Å². The van der Waals surface area contributed by atoms with Crippen LogP contribution in [-0.4, -0.2) is 16.6 Å². The van der Waals surface area contributed by atoms with Crippen molar-refractivity contribution in [2.45, 2.75) is 20.3 Å². The van der Waals surface area contributed by atoms with E-state index in [2.05, 4.69) is 4.98 Å². The van der Waals surface area contributed by atoms with Crippen LogP contribution in [0.4, 0.5) is 0 Å². The Hall–Kier alpha value is -2.81. The van der Waals surface area contributed by atoms with Crippen LogP contribution in [0.5, 0.6) is 0 Å². The quantitative estimate of drug-likeness (QED) is 0.656. The van der Waals surface area contributed by atoms with E-state index in [4.69, 9.17) is 0 Å². The van der Waals surface area contributed by atoms with Crippen LogP contribution in [0.3, 0.4) is 0 Å². The molecule has 0 saturated heterocycles. The number of benzene rings is 2. The van der Waals surface area contributed by atoms with Crippen molar-refractivity contribution in [2.24, 2.45) is 0 Å². The predicted octanol–water partition coefficient (Wildman–Crippen LogP) is 4.70. The van der Waals surface area contributed by atoms with Crippen LogP contribution < -0.4 is 0 Å². The second kappa shape index (κ2) is 6.13. The molecular formula is C20H17NO2. The molecule has 1 aromatic heterocycles. The molecule has 114 valence electrons. The van der Waals surface area contributed by atoms with Crippen molar-refractivity contribution in [1.29, 1.82) is 0 Å². The summed E-state index contributed by atoms with van der Waals surface area (Å²) in [5.74, 6) is 0.114. The van der Waals surface area contributed by atoms with Crippen molar-refractivity contribution in [3.8, 4) is 11.1 Å². The fourth-order valence-corrected chi connectivity index (χ4v) is 2.54. The van der Waals surface area contributed by atoms with Crippen LogP contribution in [-0.2, 0) is 0 Å². The number of fused-ring (bicyclic) bond motifs is 1. The van der Waals surface area contributed by atoms with Crippen LogP contribution in [0.15, 0.2) is 54.6 Å². The molecule has 3 nitrogen and oxygen atoms in total. The largest absolute Gasteiger partial charge is 0.295 e. The Morgan fingerprint density at radius 3 is 2.26 bits per heavy atom. The topological polar surface area (TPSA) is 47.0 Å². The summed E-state index contributed by atoms with van der Waals surface area (Å²) < 4.78 is 0. The highest BCUT2D eigenvalue weighted by molar-refractivity contribution is 5.97. The van der Waals surface area contributed by atoms with E-state index in [1.54, 1.807) is 13.0 Å². The van der Waals surface area contributed by atoms with Gasteiger partial charge >= 0.3 is 0 Å². The summed E-state index contributed by atoms with van der Waals surface area (Å²) in [7, 11) is 0. The van der Waals surface area contributed by atoms with Gasteiger partial charge in [-0.05, 0) is 36.2 Å². The van der Waals surface area contributed by atoms with Crippen molar-refractivity contribution >= 4 is 22.5 Å². The molecule has 0 fully saturated rings. The Kier molecular flexibility index (Phi) is 4.02. The molecule has 3 heteroatoms. The van der Waals surface area contributed by atoms with Crippen LogP contribution >= 0.6 is 0 Å². The zero-order chi connectivity index (χ0) is 16.4. The van der Waals surface area contributed by atoms with Gasteiger partial charge in [0.25, 0.3) is 0 Å². The predicted molar refractivity (Wildman–Crippen MR) is 91.8 cm³/mol. The molecule has 0 amide bonds. The van der Waals surface area contributed by atoms with Crippen molar-refractivity contribution in [3.05, 3.63) is 65.9 Å². The van der Waals surface area contributed by atoms with E-state index in [-0.39, 0.29) is 11.6 Å².